The first-order valence-electron chi connectivity index (χ1n) is 21.0. The number of likely N-dealkylation sites (tertiary alicyclic amines) is 1. The van der Waals surface area contributed by atoms with Crippen molar-refractivity contribution in [3.05, 3.63) is 0 Å². The van der Waals surface area contributed by atoms with Gasteiger partial charge in [-0.2, -0.15) is 0 Å². The Morgan fingerprint density at radius 2 is 0.719 bits per heavy atom. The Morgan fingerprint density at radius 1 is 0.404 bits per heavy atom. The summed E-state index contributed by atoms with van der Waals surface area (Å²) in [6, 6.07) is 0.173. The maximum atomic E-state index is 12.4. The zero-order valence-electron chi connectivity index (χ0n) is 34.4. The van der Waals surface area contributed by atoms with Crippen molar-refractivity contribution in [1.82, 2.24) is 65.8 Å². The van der Waals surface area contributed by atoms with E-state index in [2.05, 4.69) is 33.5 Å². The smallest absolute Gasteiger partial charge is 0.320 e. The van der Waals surface area contributed by atoms with E-state index in [0.717, 1.165) is 130 Å². The molecule has 7 aliphatic heterocycles. The second-order valence-electron chi connectivity index (χ2n) is 14.8. The molecule has 0 aromatic heterocycles. The highest BCUT2D eigenvalue weighted by Gasteiger charge is 2.30. The third-order valence-corrected chi connectivity index (χ3v) is 11.1. The number of nitrogens with zero attached hydrogens (tertiary/aromatic N) is 8. The quantitative estimate of drug-likeness (QED) is 0.156. The Kier molecular flexibility index (Phi) is 18.4. The molecule has 0 radical (unpaired) electrons. The van der Waals surface area contributed by atoms with Crippen LogP contribution in [0.2, 0.25) is 0 Å². The topological polar surface area (TPSA) is 206 Å². The largest absolute Gasteiger partial charge is 0.343 e. The van der Waals surface area contributed by atoms with Gasteiger partial charge >= 0.3 is 36.2 Å². The zero-order valence-corrected chi connectivity index (χ0v) is 34.4. The molecule has 20 heteroatoms. The molecule has 7 fully saturated rings. The first-order valence-corrected chi connectivity index (χ1v) is 21.0. The van der Waals surface area contributed by atoms with E-state index in [1.165, 1.54) is 0 Å². The predicted octanol–water partition coefficient (Wildman–Crippen LogP) is 0.278. The van der Waals surface area contributed by atoms with E-state index < -0.39 is 0 Å². The van der Waals surface area contributed by atoms with Crippen LogP contribution >= 0.6 is 0 Å². The van der Waals surface area contributed by atoms with Crippen LogP contribution < -0.4 is 26.6 Å². The minimum atomic E-state index is -0.00433. The highest BCUT2D eigenvalue weighted by molar-refractivity contribution is 5.81. The maximum Gasteiger partial charge on any atom is 0.320 e. The predicted molar refractivity (Wildman–Crippen MR) is 214 cm³/mol. The first kappa shape index (κ1) is 44.8. The highest BCUT2D eigenvalue weighted by Crippen LogP contribution is 2.20. The molecule has 7 saturated heterocycles. The van der Waals surface area contributed by atoms with Gasteiger partial charge in [0.1, 0.15) is 0 Å². The van der Waals surface area contributed by atoms with E-state index in [-0.39, 0.29) is 36.2 Å². The molecule has 1 atom stereocenters. The molecule has 1 unspecified atom stereocenters. The first-order chi connectivity index (χ1) is 27.6. The second kappa shape index (κ2) is 23.4. The fourth-order valence-corrected chi connectivity index (χ4v) is 7.61. The molecule has 7 heterocycles. The summed E-state index contributed by atoms with van der Waals surface area (Å²) in [5.41, 5.74) is 0. The molecule has 0 aromatic rings. The molecule has 322 valence electrons. The van der Waals surface area contributed by atoms with Crippen molar-refractivity contribution in [3.8, 4) is 0 Å². The van der Waals surface area contributed by atoms with Gasteiger partial charge in [-0.05, 0) is 46.0 Å². The van der Waals surface area contributed by atoms with Crippen molar-refractivity contribution in [2.45, 2.75) is 52.9 Å². The minimum Gasteiger partial charge on any atom is -0.343 e. The van der Waals surface area contributed by atoms with Gasteiger partial charge in [-0.25, -0.2) is 28.8 Å². The van der Waals surface area contributed by atoms with Crippen LogP contribution in [0.3, 0.4) is 0 Å². The van der Waals surface area contributed by atoms with Gasteiger partial charge in [0.2, 0.25) is 5.91 Å². The number of likely N-dealkylation sites (N-methyl/N-ethyl adjacent to an activating group) is 1. The molecule has 7 rings (SSSR count). The zero-order chi connectivity index (χ0) is 41.2. The SMILES string of the molecule is CCC1CCN(CC)C1=O.CCN1CCNC1=O.O=C1NCCN1CCCN1CCN(CCCN2CCNC2=O)C1=O.O=C1NCCN1CCCN1CCNC1=O. The minimum absolute atomic E-state index is 0.00433. The molecule has 57 heavy (non-hydrogen) atoms. The molecule has 5 N–H and O–H groups in total. The van der Waals surface area contributed by atoms with E-state index in [1.807, 2.05) is 28.5 Å². The summed E-state index contributed by atoms with van der Waals surface area (Å²) in [5.74, 6) is 0.699. The van der Waals surface area contributed by atoms with E-state index in [4.69, 9.17) is 0 Å². The van der Waals surface area contributed by atoms with Crippen molar-refractivity contribution >= 4 is 42.1 Å². The number of carbonyl (C=O) groups excluding carboxylic acids is 7. The summed E-state index contributed by atoms with van der Waals surface area (Å²) in [7, 11) is 0. The van der Waals surface area contributed by atoms with E-state index >= 15 is 0 Å². The molecular weight excluding hydrogens is 738 g/mol. The van der Waals surface area contributed by atoms with Gasteiger partial charge in [0, 0.05) is 143 Å². The summed E-state index contributed by atoms with van der Waals surface area (Å²) in [6.07, 6.45) is 4.54. The molecule has 0 saturated carbocycles. The van der Waals surface area contributed by atoms with Crippen LogP contribution in [0.25, 0.3) is 0 Å². The fourth-order valence-electron chi connectivity index (χ4n) is 7.61. The normalized spacial score (nSPS) is 21.6. The summed E-state index contributed by atoms with van der Waals surface area (Å²) < 4.78 is 0. The Balaban J connectivity index is 0.000000185. The number of rotatable bonds is 15. The lowest BCUT2D eigenvalue weighted by atomic mass is 10.1. The van der Waals surface area contributed by atoms with Gasteiger partial charge in [0.15, 0.2) is 0 Å². The number of carbonyl (C=O) groups is 7. The fraction of sp³-hybridized carbons (Fsp3) is 0.811. The average molecular weight is 806 g/mol. The summed E-state index contributed by atoms with van der Waals surface area (Å²) >= 11 is 0. The highest BCUT2D eigenvalue weighted by atomic mass is 16.2. The molecule has 0 bridgehead atoms. The Labute approximate surface area is 337 Å². The third-order valence-electron chi connectivity index (χ3n) is 11.1. The van der Waals surface area contributed by atoms with Gasteiger partial charge in [-0.3, -0.25) is 4.79 Å². The lowest BCUT2D eigenvalue weighted by molar-refractivity contribution is -0.130. The van der Waals surface area contributed by atoms with Crippen LogP contribution in [0.5, 0.6) is 0 Å². The van der Waals surface area contributed by atoms with Gasteiger partial charge in [0.05, 0.1) is 0 Å². The van der Waals surface area contributed by atoms with Crippen molar-refractivity contribution in [3.63, 3.8) is 0 Å². The van der Waals surface area contributed by atoms with E-state index in [1.54, 1.807) is 24.5 Å². The molecule has 13 amide bonds. The molecule has 7 aliphatic rings. The third kappa shape index (κ3) is 13.6. The Bertz CT molecular complexity index is 1290. The average Bonchev–Trinajstić information content (AvgIpc) is 4.09. The van der Waals surface area contributed by atoms with Crippen LogP contribution in [0, 0.1) is 5.92 Å². The molecule has 0 spiro atoms. The number of hydrogen-bond acceptors (Lipinski definition) is 7. The van der Waals surface area contributed by atoms with Gasteiger partial charge < -0.3 is 65.8 Å². The van der Waals surface area contributed by atoms with Crippen molar-refractivity contribution in [2.24, 2.45) is 5.92 Å². The standard InChI is InChI=1S/C15H26N6O3.C9H16N4O2.C8H15NO.C5H10N2O/c22-13-16-3-9-18(13)5-1-7-20-11-12-21(15(20)24)8-2-6-19-10-4-17-14(19)23;14-8-10-2-6-12(8)4-1-5-13-7-3-11-9(13)15;1-3-7-5-6-9(4-2)8(7)10;1-2-7-4-3-6-5(7)8/h1-12H2,(H,16,22)(H,17,23);1-7H2,(H,10,14)(H,11,15);7H,3-6H2,1-2H3;2-4H2,1H3,(H,6,8). The van der Waals surface area contributed by atoms with Crippen LogP contribution in [-0.2, 0) is 4.79 Å². The number of nitrogens with one attached hydrogen (secondary N) is 5. The number of amides is 13. The molecule has 0 aliphatic carbocycles. The van der Waals surface area contributed by atoms with Crippen LogP contribution in [0.1, 0.15) is 52.9 Å². The van der Waals surface area contributed by atoms with Gasteiger partial charge in [-0.15, -0.1) is 0 Å². The Hall–Kier alpha value is -4.91. The summed E-state index contributed by atoms with van der Waals surface area (Å²) in [6.45, 7) is 22.2. The molecule has 0 aromatic carbocycles. The van der Waals surface area contributed by atoms with Crippen molar-refractivity contribution in [2.75, 3.05) is 137 Å². The molecular formula is C37H67N13O7. The van der Waals surface area contributed by atoms with Gasteiger partial charge in [-0.1, -0.05) is 6.92 Å². The van der Waals surface area contributed by atoms with Crippen LogP contribution in [0.15, 0.2) is 0 Å². The summed E-state index contributed by atoms with van der Waals surface area (Å²) in [4.78, 5) is 94.2. The summed E-state index contributed by atoms with van der Waals surface area (Å²) in [5, 5.41) is 13.8. The van der Waals surface area contributed by atoms with E-state index in [0.29, 0.717) is 51.1 Å². The van der Waals surface area contributed by atoms with Crippen molar-refractivity contribution in [1.29, 1.82) is 0 Å². The second-order valence-corrected chi connectivity index (χ2v) is 14.8. The van der Waals surface area contributed by atoms with Crippen LogP contribution in [0.4, 0.5) is 28.8 Å². The molecule has 20 nitrogen and oxygen atoms in total. The Morgan fingerprint density at radius 3 is 0.947 bits per heavy atom. The van der Waals surface area contributed by atoms with Crippen molar-refractivity contribution < 1.29 is 33.6 Å². The number of hydrogen-bond donors (Lipinski definition) is 5. The van der Waals surface area contributed by atoms with Crippen LogP contribution in [-0.4, -0.2) is 219 Å². The number of urea groups is 6. The maximum absolute atomic E-state index is 12.4. The lowest BCUT2D eigenvalue weighted by Gasteiger charge is -2.21. The van der Waals surface area contributed by atoms with E-state index in [9.17, 15) is 33.6 Å². The monoisotopic (exact) mass is 806 g/mol. The van der Waals surface area contributed by atoms with Gasteiger partial charge in [0.25, 0.3) is 0 Å². The lowest BCUT2D eigenvalue weighted by Crippen LogP contribution is -2.36.